The lowest BCUT2D eigenvalue weighted by atomic mass is 10.0. The maximum atomic E-state index is 13.7. The summed E-state index contributed by atoms with van der Waals surface area (Å²) >= 11 is 5.69. The summed E-state index contributed by atoms with van der Waals surface area (Å²) in [5, 5.41) is 4.27. The van der Waals surface area contributed by atoms with Gasteiger partial charge in [-0.05, 0) is 36.2 Å². The highest BCUT2D eigenvalue weighted by atomic mass is 35.5. The lowest BCUT2D eigenvalue weighted by molar-refractivity contribution is -0.137. The van der Waals surface area contributed by atoms with E-state index in [1.165, 1.54) is 22.9 Å². The molecule has 158 valence electrons. The summed E-state index contributed by atoms with van der Waals surface area (Å²) in [7, 11) is 0. The molecule has 1 heterocycles. The summed E-state index contributed by atoms with van der Waals surface area (Å²) in [5.74, 6) is 0.0300. The molecule has 0 bridgehead atoms. The van der Waals surface area contributed by atoms with Crippen LogP contribution in [0.15, 0.2) is 42.5 Å². The highest BCUT2D eigenvalue weighted by molar-refractivity contribution is 6.30. The Kier molecular flexibility index (Phi) is 6.55. The van der Waals surface area contributed by atoms with E-state index in [2.05, 4.69) is 10.1 Å². The second-order valence-corrected chi connectivity index (χ2v) is 7.14. The number of halogens is 5. The molecule has 0 unspecified atom stereocenters. The molecular weight excluding hydrogens is 422 g/mol. The molecule has 0 saturated carbocycles. The summed E-state index contributed by atoms with van der Waals surface area (Å²) in [5.41, 5.74) is 0.128. The van der Waals surface area contributed by atoms with Crippen molar-refractivity contribution in [2.75, 3.05) is 0 Å². The summed E-state index contributed by atoms with van der Waals surface area (Å²) in [6, 6.07) is 9.13. The van der Waals surface area contributed by atoms with E-state index in [1.807, 2.05) is 6.92 Å². The molecular formula is C21H18ClF4N3O. The summed E-state index contributed by atoms with van der Waals surface area (Å²) in [4.78, 5) is 16.7. The van der Waals surface area contributed by atoms with Gasteiger partial charge < -0.3 is 0 Å². The predicted octanol–water partition coefficient (Wildman–Crippen LogP) is 5.52. The quantitative estimate of drug-likeness (QED) is 0.455. The van der Waals surface area contributed by atoms with Gasteiger partial charge in [0.25, 0.3) is 0 Å². The number of hydrogen-bond donors (Lipinski definition) is 0. The molecule has 0 spiro atoms. The number of carbonyl (C=O) groups is 1. The Bertz CT molecular complexity index is 1060. The molecule has 0 amide bonds. The van der Waals surface area contributed by atoms with Crippen molar-refractivity contribution >= 4 is 17.4 Å². The Morgan fingerprint density at radius 3 is 2.60 bits per heavy atom. The Morgan fingerprint density at radius 2 is 1.93 bits per heavy atom. The molecule has 3 rings (SSSR count). The van der Waals surface area contributed by atoms with Crippen molar-refractivity contribution in [1.82, 2.24) is 14.8 Å². The SMILES string of the molecule is CCc1nc(-c2ccc(Cl)c(F)c2)nn1CC(=O)CCc1cccc(C(F)(F)F)c1. The number of benzene rings is 2. The summed E-state index contributed by atoms with van der Waals surface area (Å²) in [6.07, 6.45) is -3.66. The van der Waals surface area contributed by atoms with Crippen molar-refractivity contribution < 1.29 is 22.4 Å². The Morgan fingerprint density at radius 1 is 1.17 bits per heavy atom. The van der Waals surface area contributed by atoms with Gasteiger partial charge in [-0.2, -0.15) is 18.3 Å². The minimum absolute atomic E-state index is 0.0151. The summed E-state index contributed by atoms with van der Waals surface area (Å²) < 4.78 is 53.6. The fourth-order valence-corrected chi connectivity index (χ4v) is 3.07. The summed E-state index contributed by atoms with van der Waals surface area (Å²) in [6.45, 7) is 1.78. The third kappa shape index (κ3) is 5.24. The van der Waals surface area contributed by atoms with E-state index in [4.69, 9.17) is 11.6 Å². The van der Waals surface area contributed by atoms with E-state index in [9.17, 15) is 22.4 Å². The lowest BCUT2D eigenvalue weighted by Crippen LogP contribution is -2.14. The first kappa shape index (κ1) is 22.0. The van der Waals surface area contributed by atoms with Crippen LogP contribution in [0.5, 0.6) is 0 Å². The third-order valence-corrected chi connectivity index (χ3v) is 4.82. The molecule has 9 heteroatoms. The van der Waals surface area contributed by atoms with E-state index in [0.717, 1.165) is 12.1 Å². The van der Waals surface area contributed by atoms with Crippen LogP contribution in [0.2, 0.25) is 5.02 Å². The molecule has 0 radical (unpaired) electrons. The molecule has 1 aromatic heterocycles. The zero-order chi connectivity index (χ0) is 21.9. The van der Waals surface area contributed by atoms with Crippen molar-refractivity contribution in [1.29, 1.82) is 0 Å². The molecule has 2 aromatic carbocycles. The third-order valence-electron chi connectivity index (χ3n) is 4.52. The number of rotatable bonds is 7. The molecule has 0 aliphatic carbocycles. The average Bonchev–Trinajstić information content (AvgIpc) is 3.11. The minimum Gasteiger partial charge on any atom is -0.298 e. The largest absolute Gasteiger partial charge is 0.416 e. The van der Waals surface area contributed by atoms with E-state index in [-0.39, 0.29) is 36.0 Å². The number of Topliss-reactive ketones (excluding diaryl/α,β-unsaturated/α-hetero) is 1. The molecule has 0 aliphatic heterocycles. The van der Waals surface area contributed by atoms with E-state index < -0.39 is 17.6 Å². The van der Waals surface area contributed by atoms with Crippen LogP contribution < -0.4 is 0 Å². The molecule has 0 atom stereocenters. The van der Waals surface area contributed by atoms with Crippen molar-refractivity contribution in [3.63, 3.8) is 0 Å². The van der Waals surface area contributed by atoms with Gasteiger partial charge in [0, 0.05) is 18.4 Å². The van der Waals surface area contributed by atoms with Crippen LogP contribution in [0.3, 0.4) is 0 Å². The van der Waals surface area contributed by atoms with Crippen molar-refractivity contribution in [3.05, 3.63) is 70.3 Å². The highest BCUT2D eigenvalue weighted by Crippen LogP contribution is 2.29. The lowest BCUT2D eigenvalue weighted by Gasteiger charge is -2.08. The zero-order valence-electron chi connectivity index (χ0n) is 16.0. The van der Waals surface area contributed by atoms with Crippen molar-refractivity contribution in [2.45, 2.75) is 38.9 Å². The standard InChI is InChI=1S/C21H18ClF4N3O/c1-2-19-27-20(14-7-9-17(22)18(23)11-14)28-29(19)12-16(30)8-6-13-4-3-5-15(10-13)21(24,25)26/h3-5,7,9-11H,2,6,8,12H2,1H3. The van der Waals surface area contributed by atoms with Crippen LogP contribution in [0.1, 0.15) is 30.3 Å². The maximum absolute atomic E-state index is 13.7. The topological polar surface area (TPSA) is 47.8 Å². The Hall–Kier alpha value is -2.74. The van der Waals surface area contributed by atoms with Crippen LogP contribution in [0.25, 0.3) is 11.4 Å². The number of aryl methyl sites for hydroxylation is 2. The second kappa shape index (κ2) is 8.95. The van der Waals surface area contributed by atoms with Crippen LogP contribution in [-0.2, 0) is 30.4 Å². The van der Waals surface area contributed by atoms with E-state index in [1.54, 1.807) is 12.1 Å². The number of nitrogens with zero attached hydrogens (tertiary/aromatic N) is 3. The van der Waals surface area contributed by atoms with E-state index >= 15 is 0 Å². The van der Waals surface area contributed by atoms with Gasteiger partial charge in [-0.25, -0.2) is 14.1 Å². The molecule has 0 saturated heterocycles. The van der Waals surface area contributed by atoms with Crippen LogP contribution >= 0.6 is 11.6 Å². The molecule has 0 aliphatic rings. The van der Waals surface area contributed by atoms with Crippen molar-refractivity contribution in [3.8, 4) is 11.4 Å². The highest BCUT2D eigenvalue weighted by Gasteiger charge is 2.30. The average molecular weight is 440 g/mol. The Labute approximate surface area is 175 Å². The zero-order valence-corrected chi connectivity index (χ0v) is 16.8. The first-order chi connectivity index (χ1) is 14.2. The second-order valence-electron chi connectivity index (χ2n) is 6.73. The fourth-order valence-electron chi connectivity index (χ4n) is 2.95. The molecule has 3 aromatic rings. The van der Waals surface area contributed by atoms with Crippen LogP contribution in [0.4, 0.5) is 17.6 Å². The number of alkyl halides is 3. The molecule has 0 fully saturated rings. The molecule has 4 nitrogen and oxygen atoms in total. The van der Waals surface area contributed by atoms with E-state index in [0.29, 0.717) is 23.4 Å². The van der Waals surface area contributed by atoms with Crippen LogP contribution in [0, 0.1) is 5.82 Å². The maximum Gasteiger partial charge on any atom is 0.416 e. The van der Waals surface area contributed by atoms with Gasteiger partial charge in [-0.15, -0.1) is 0 Å². The number of carbonyl (C=O) groups excluding carboxylic acids is 1. The fraction of sp³-hybridized carbons (Fsp3) is 0.286. The first-order valence-corrected chi connectivity index (χ1v) is 9.62. The molecule has 30 heavy (non-hydrogen) atoms. The van der Waals surface area contributed by atoms with Gasteiger partial charge >= 0.3 is 6.18 Å². The van der Waals surface area contributed by atoms with Crippen molar-refractivity contribution in [2.24, 2.45) is 0 Å². The molecule has 0 N–H and O–H groups in total. The van der Waals surface area contributed by atoms with Gasteiger partial charge in [0.1, 0.15) is 18.2 Å². The number of aromatic nitrogens is 3. The van der Waals surface area contributed by atoms with Gasteiger partial charge in [-0.1, -0.05) is 36.7 Å². The Balaban J connectivity index is 1.69. The van der Waals surface area contributed by atoms with Gasteiger partial charge in [-0.3, -0.25) is 4.79 Å². The normalized spacial score (nSPS) is 11.7. The van der Waals surface area contributed by atoms with Gasteiger partial charge in [0.05, 0.1) is 10.6 Å². The monoisotopic (exact) mass is 439 g/mol. The number of hydrogen-bond acceptors (Lipinski definition) is 3. The minimum atomic E-state index is -4.42. The number of ketones is 1. The predicted molar refractivity (Wildman–Crippen MR) is 105 cm³/mol. The first-order valence-electron chi connectivity index (χ1n) is 9.24. The van der Waals surface area contributed by atoms with Crippen LogP contribution in [-0.4, -0.2) is 20.5 Å². The van der Waals surface area contributed by atoms with Gasteiger partial charge in [0.2, 0.25) is 0 Å². The van der Waals surface area contributed by atoms with Gasteiger partial charge in [0.15, 0.2) is 11.6 Å². The smallest absolute Gasteiger partial charge is 0.298 e.